The van der Waals surface area contributed by atoms with Crippen molar-refractivity contribution < 1.29 is 9.59 Å². The third kappa shape index (κ3) is 27.6. The van der Waals surface area contributed by atoms with E-state index in [-0.39, 0.29) is 0 Å². The highest BCUT2D eigenvalue weighted by Gasteiger charge is 2.33. The molecule has 0 N–H and O–H groups in total. The van der Waals surface area contributed by atoms with E-state index in [0.717, 1.165) is 19.3 Å². The van der Waals surface area contributed by atoms with Gasteiger partial charge in [0.15, 0.2) is 0 Å². The van der Waals surface area contributed by atoms with Crippen molar-refractivity contribution in [3.63, 3.8) is 0 Å². The SMILES string of the molecule is CCCCCCCCCCCCCC1CC1=O.CCCCCCCCCCCCCCC(C)=O. The van der Waals surface area contributed by atoms with Gasteiger partial charge in [0, 0.05) is 18.8 Å². The maximum atomic E-state index is 10.8. The summed E-state index contributed by atoms with van der Waals surface area (Å²) in [5.74, 6) is 1.34. The minimum atomic E-state index is 0.345. The van der Waals surface area contributed by atoms with Crippen molar-refractivity contribution in [2.24, 2.45) is 5.92 Å². The number of rotatable bonds is 25. The first-order chi connectivity index (χ1) is 16.6. The van der Waals surface area contributed by atoms with Crippen LogP contribution in [-0.2, 0) is 9.59 Å². The van der Waals surface area contributed by atoms with E-state index in [9.17, 15) is 9.59 Å². The molecule has 1 rings (SSSR count). The number of carbonyl (C=O) groups is 2. The highest BCUT2D eigenvalue weighted by Crippen LogP contribution is 2.29. The van der Waals surface area contributed by atoms with Gasteiger partial charge in [-0.2, -0.15) is 0 Å². The first-order valence-corrected chi connectivity index (χ1v) is 15.6. The molecular weight excluding hydrogens is 416 g/mol. The van der Waals surface area contributed by atoms with Crippen LogP contribution >= 0.6 is 0 Å². The summed E-state index contributed by atoms with van der Waals surface area (Å²) in [6, 6.07) is 0. The Labute approximate surface area is 214 Å². The Bertz CT molecular complexity index is 440. The van der Waals surface area contributed by atoms with Crippen LogP contribution in [0.5, 0.6) is 0 Å². The molecule has 34 heavy (non-hydrogen) atoms. The van der Waals surface area contributed by atoms with Gasteiger partial charge >= 0.3 is 0 Å². The molecule has 0 aromatic heterocycles. The summed E-state index contributed by atoms with van der Waals surface area (Å²) < 4.78 is 0. The minimum Gasteiger partial charge on any atom is -0.300 e. The molecule has 0 aromatic rings. The van der Waals surface area contributed by atoms with Gasteiger partial charge in [0.25, 0.3) is 0 Å². The first kappa shape index (κ1) is 33.3. The minimum absolute atomic E-state index is 0.345. The summed E-state index contributed by atoms with van der Waals surface area (Å²) in [7, 11) is 0. The number of Topliss-reactive ketones (excluding diaryl/α,β-unsaturated/α-hetero) is 2. The summed E-state index contributed by atoms with van der Waals surface area (Å²) in [6.45, 7) is 6.24. The fourth-order valence-electron chi connectivity index (χ4n) is 4.72. The molecule has 2 nitrogen and oxygen atoms in total. The Hall–Kier alpha value is -0.660. The molecule has 0 radical (unpaired) electrons. The van der Waals surface area contributed by atoms with E-state index in [1.165, 1.54) is 148 Å². The molecule has 1 atom stereocenters. The molecule has 1 aliphatic carbocycles. The Morgan fingerprint density at radius 3 is 1.15 bits per heavy atom. The van der Waals surface area contributed by atoms with Gasteiger partial charge in [-0.05, 0) is 19.8 Å². The molecule has 0 aliphatic heterocycles. The standard InChI is InChI=1S/C16H30O.C16H32O/c1-2-3-4-5-6-7-8-9-10-11-12-13-15-14-16(15)17;1-3-4-5-6-7-8-9-10-11-12-13-14-15-16(2)17/h15H,2-14H2,1H3;3-15H2,1-2H3. The zero-order chi connectivity index (χ0) is 25.1. The second kappa shape index (κ2) is 26.9. The van der Waals surface area contributed by atoms with E-state index in [2.05, 4.69) is 13.8 Å². The molecule has 0 bridgehead atoms. The Kier molecular flexibility index (Phi) is 26.4. The van der Waals surface area contributed by atoms with Gasteiger partial charge in [-0.15, -0.1) is 0 Å². The van der Waals surface area contributed by atoms with Crippen molar-refractivity contribution in [3.05, 3.63) is 0 Å². The van der Waals surface area contributed by atoms with Gasteiger partial charge in [0.2, 0.25) is 0 Å². The fourth-order valence-corrected chi connectivity index (χ4v) is 4.72. The molecule has 1 aliphatic rings. The highest BCUT2D eigenvalue weighted by atomic mass is 16.1. The molecule has 1 saturated carbocycles. The average molecular weight is 479 g/mol. The van der Waals surface area contributed by atoms with Crippen LogP contribution in [0.2, 0.25) is 0 Å². The normalized spacial score (nSPS) is 14.7. The van der Waals surface area contributed by atoms with Crippen LogP contribution in [-0.4, -0.2) is 11.6 Å². The van der Waals surface area contributed by atoms with Crippen LogP contribution in [0.3, 0.4) is 0 Å². The van der Waals surface area contributed by atoms with Crippen molar-refractivity contribution in [1.29, 1.82) is 0 Å². The monoisotopic (exact) mass is 478 g/mol. The van der Waals surface area contributed by atoms with Crippen LogP contribution in [0.25, 0.3) is 0 Å². The average Bonchev–Trinajstić information content (AvgIpc) is 3.53. The summed E-state index contributed by atoms with van der Waals surface area (Å²) in [5, 5.41) is 0. The summed E-state index contributed by atoms with van der Waals surface area (Å²) in [4.78, 5) is 21.5. The number of carbonyl (C=O) groups excluding carboxylic acids is 2. The lowest BCUT2D eigenvalue weighted by Crippen LogP contribution is -1.89. The molecule has 0 amide bonds. The number of unbranched alkanes of at least 4 members (excludes halogenated alkanes) is 21. The zero-order valence-electron chi connectivity index (χ0n) is 23.8. The van der Waals surface area contributed by atoms with E-state index in [4.69, 9.17) is 0 Å². The number of ketones is 2. The molecule has 1 unspecified atom stereocenters. The van der Waals surface area contributed by atoms with Gasteiger partial charge in [-0.25, -0.2) is 0 Å². The summed E-state index contributed by atoms with van der Waals surface area (Å²) >= 11 is 0. The van der Waals surface area contributed by atoms with Crippen LogP contribution < -0.4 is 0 Å². The molecular formula is C32H62O2. The maximum absolute atomic E-state index is 10.8. The Morgan fingerprint density at radius 2 is 0.853 bits per heavy atom. The largest absolute Gasteiger partial charge is 0.300 e. The molecule has 0 spiro atoms. The van der Waals surface area contributed by atoms with Gasteiger partial charge in [-0.1, -0.05) is 155 Å². The van der Waals surface area contributed by atoms with E-state index >= 15 is 0 Å². The predicted octanol–water partition coefficient (Wildman–Crippen LogP) is 10.9. The van der Waals surface area contributed by atoms with Crippen LogP contribution in [0, 0.1) is 5.92 Å². The molecule has 2 heteroatoms. The van der Waals surface area contributed by atoms with Gasteiger partial charge in [0.1, 0.15) is 11.6 Å². The van der Waals surface area contributed by atoms with Gasteiger partial charge in [0.05, 0.1) is 0 Å². The highest BCUT2D eigenvalue weighted by molar-refractivity contribution is 5.95. The predicted molar refractivity (Wildman–Crippen MR) is 151 cm³/mol. The van der Waals surface area contributed by atoms with E-state index in [1.54, 1.807) is 6.92 Å². The van der Waals surface area contributed by atoms with Crippen molar-refractivity contribution in [1.82, 2.24) is 0 Å². The summed E-state index contributed by atoms with van der Waals surface area (Å²) in [5.41, 5.74) is 0. The fraction of sp³-hybridized carbons (Fsp3) is 0.938. The Balaban J connectivity index is 0.000000641. The van der Waals surface area contributed by atoms with Crippen molar-refractivity contribution in [2.45, 2.75) is 188 Å². The van der Waals surface area contributed by atoms with Crippen molar-refractivity contribution in [3.8, 4) is 0 Å². The van der Waals surface area contributed by atoms with Gasteiger partial charge in [-0.3, -0.25) is 4.79 Å². The second-order valence-electron chi connectivity index (χ2n) is 11.0. The Morgan fingerprint density at radius 1 is 0.559 bits per heavy atom. The second-order valence-corrected chi connectivity index (χ2v) is 11.0. The lowest BCUT2D eigenvalue weighted by Gasteiger charge is -2.02. The molecule has 202 valence electrons. The molecule has 0 heterocycles. The smallest absolute Gasteiger partial charge is 0.137 e. The van der Waals surface area contributed by atoms with Crippen molar-refractivity contribution in [2.75, 3.05) is 0 Å². The third-order valence-corrected chi connectivity index (χ3v) is 7.28. The lowest BCUT2D eigenvalue weighted by molar-refractivity contribution is -0.117. The third-order valence-electron chi connectivity index (χ3n) is 7.28. The molecule has 0 aromatic carbocycles. The van der Waals surface area contributed by atoms with E-state index in [0.29, 0.717) is 17.5 Å². The van der Waals surface area contributed by atoms with Crippen LogP contribution in [0.1, 0.15) is 188 Å². The number of hydrogen-bond acceptors (Lipinski definition) is 2. The van der Waals surface area contributed by atoms with E-state index < -0.39 is 0 Å². The van der Waals surface area contributed by atoms with Crippen molar-refractivity contribution >= 4 is 11.6 Å². The first-order valence-electron chi connectivity index (χ1n) is 15.6. The number of hydrogen-bond donors (Lipinski definition) is 0. The maximum Gasteiger partial charge on any atom is 0.137 e. The summed E-state index contributed by atoms with van der Waals surface area (Å²) in [6.07, 6.45) is 34.6. The zero-order valence-corrected chi connectivity index (χ0v) is 23.8. The van der Waals surface area contributed by atoms with Crippen LogP contribution in [0.4, 0.5) is 0 Å². The lowest BCUT2D eigenvalue weighted by atomic mass is 10.0. The molecule has 1 fully saturated rings. The quantitative estimate of drug-likeness (QED) is 0.122. The topological polar surface area (TPSA) is 34.1 Å². The molecule has 0 saturated heterocycles. The van der Waals surface area contributed by atoms with Gasteiger partial charge < -0.3 is 4.79 Å². The van der Waals surface area contributed by atoms with Crippen LogP contribution in [0.15, 0.2) is 0 Å². The van der Waals surface area contributed by atoms with E-state index in [1.807, 2.05) is 0 Å².